The minimum atomic E-state index is 0.401. The van der Waals surface area contributed by atoms with E-state index in [1.165, 1.54) is 38.9 Å². The molecule has 1 atom stereocenters. The van der Waals surface area contributed by atoms with Gasteiger partial charge >= 0.3 is 0 Å². The topological polar surface area (TPSA) is 29.3 Å². The smallest absolute Gasteiger partial charge is 0.00479 e. The summed E-state index contributed by atoms with van der Waals surface area (Å²) in [6.45, 7) is 11.5. The summed E-state index contributed by atoms with van der Waals surface area (Å²) < 4.78 is 0. The Bertz CT molecular complexity index is 168. The summed E-state index contributed by atoms with van der Waals surface area (Å²) in [6, 6.07) is 0. The van der Waals surface area contributed by atoms with Crippen LogP contribution in [-0.4, -0.2) is 31.1 Å². The van der Waals surface area contributed by atoms with Crippen molar-refractivity contribution in [3.05, 3.63) is 0 Å². The quantitative estimate of drug-likeness (QED) is 0.733. The van der Waals surface area contributed by atoms with Crippen LogP contribution in [0.5, 0.6) is 0 Å². The summed E-state index contributed by atoms with van der Waals surface area (Å²) in [7, 11) is 0. The lowest BCUT2D eigenvalue weighted by Crippen LogP contribution is -2.31. The second-order valence-corrected chi connectivity index (χ2v) is 5.58. The summed E-state index contributed by atoms with van der Waals surface area (Å²) in [5.41, 5.74) is 6.18. The molecular formula is C12H26N2. The van der Waals surface area contributed by atoms with Crippen molar-refractivity contribution in [1.29, 1.82) is 0 Å². The number of nitrogens with zero attached hydrogens (tertiary/aromatic N) is 1. The highest BCUT2D eigenvalue weighted by Gasteiger charge is 2.31. The number of hydrogen-bond donors (Lipinski definition) is 1. The van der Waals surface area contributed by atoms with Gasteiger partial charge in [-0.05, 0) is 50.2 Å². The average Bonchev–Trinajstić information content (AvgIpc) is 2.48. The molecule has 1 fully saturated rings. The van der Waals surface area contributed by atoms with Gasteiger partial charge < -0.3 is 10.6 Å². The van der Waals surface area contributed by atoms with Crippen molar-refractivity contribution in [2.24, 2.45) is 17.1 Å². The van der Waals surface area contributed by atoms with Gasteiger partial charge in [0.25, 0.3) is 0 Å². The minimum Gasteiger partial charge on any atom is -0.330 e. The molecule has 0 bridgehead atoms. The maximum atomic E-state index is 5.78. The van der Waals surface area contributed by atoms with E-state index < -0.39 is 0 Å². The van der Waals surface area contributed by atoms with Crippen LogP contribution in [0.15, 0.2) is 0 Å². The third kappa shape index (κ3) is 3.58. The van der Waals surface area contributed by atoms with Gasteiger partial charge in [-0.25, -0.2) is 0 Å². The van der Waals surface area contributed by atoms with E-state index in [2.05, 4.69) is 25.7 Å². The molecule has 0 spiro atoms. The van der Waals surface area contributed by atoms with Crippen LogP contribution in [-0.2, 0) is 0 Å². The van der Waals surface area contributed by atoms with Crippen LogP contribution in [0.25, 0.3) is 0 Å². The Morgan fingerprint density at radius 2 is 2.14 bits per heavy atom. The molecule has 0 aromatic heterocycles. The molecule has 14 heavy (non-hydrogen) atoms. The van der Waals surface area contributed by atoms with Gasteiger partial charge in [-0.1, -0.05) is 20.8 Å². The lowest BCUT2D eigenvalue weighted by molar-refractivity contribution is 0.272. The van der Waals surface area contributed by atoms with Crippen LogP contribution in [0.1, 0.15) is 40.0 Å². The van der Waals surface area contributed by atoms with E-state index in [1.807, 2.05) is 0 Å². The Labute approximate surface area is 88.8 Å². The predicted octanol–water partition coefficient (Wildman–Crippen LogP) is 2.09. The van der Waals surface area contributed by atoms with Gasteiger partial charge in [0.15, 0.2) is 0 Å². The fourth-order valence-electron chi connectivity index (χ4n) is 2.21. The van der Waals surface area contributed by atoms with Crippen molar-refractivity contribution in [2.45, 2.75) is 40.0 Å². The summed E-state index contributed by atoms with van der Waals surface area (Å²) in [4.78, 5) is 2.58. The van der Waals surface area contributed by atoms with Crippen molar-refractivity contribution in [3.63, 3.8) is 0 Å². The Hall–Kier alpha value is -0.0800. The molecule has 1 rings (SSSR count). The summed E-state index contributed by atoms with van der Waals surface area (Å²) in [5, 5.41) is 0. The van der Waals surface area contributed by atoms with Gasteiger partial charge in [0.2, 0.25) is 0 Å². The van der Waals surface area contributed by atoms with Gasteiger partial charge in [-0.3, -0.25) is 0 Å². The highest BCUT2D eigenvalue weighted by atomic mass is 15.2. The van der Waals surface area contributed by atoms with E-state index in [9.17, 15) is 0 Å². The lowest BCUT2D eigenvalue weighted by atomic mass is 9.90. The van der Waals surface area contributed by atoms with E-state index >= 15 is 0 Å². The van der Waals surface area contributed by atoms with E-state index in [-0.39, 0.29) is 0 Å². The Balaban J connectivity index is 2.16. The monoisotopic (exact) mass is 198 g/mol. The molecule has 0 radical (unpaired) electrons. The molecule has 1 aliphatic rings. The first-order chi connectivity index (χ1) is 6.56. The van der Waals surface area contributed by atoms with Crippen LogP contribution < -0.4 is 5.73 Å². The molecule has 0 amide bonds. The van der Waals surface area contributed by atoms with Crippen molar-refractivity contribution >= 4 is 0 Å². The maximum absolute atomic E-state index is 5.78. The number of nitrogens with two attached hydrogens (primary N) is 1. The Morgan fingerprint density at radius 1 is 1.43 bits per heavy atom. The second kappa shape index (κ2) is 5.13. The largest absolute Gasteiger partial charge is 0.330 e. The Morgan fingerprint density at radius 3 is 2.64 bits per heavy atom. The van der Waals surface area contributed by atoms with Crippen molar-refractivity contribution in [3.8, 4) is 0 Å². The van der Waals surface area contributed by atoms with Gasteiger partial charge in [-0.2, -0.15) is 0 Å². The zero-order valence-electron chi connectivity index (χ0n) is 10.1. The zero-order chi connectivity index (χ0) is 10.6. The predicted molar refractivity (Wildman–Crippen MR) is 62.3 cm³/mol. The molecule has 2 N–H and O–H groups in total. The average molecular weight is 198 g/mol. The summed E-state index contributed by atoms with van der Waals surface area (Å²) in [6.07, 6.45) is 3.99. The zero-order valence-corrected chi connectivity index (χ0v) is 10.1. The molecular weight excluding hydrogens is 172 g/mol. The third-order valence-corrected chi connectivity index (χ3v) is 3.39. The molecule has 1 unspecified atom stereocenters. The first kappa shape index (κ1) is 12.0. The van der Waals surface area contributed by atoms with Crippen LogP contribution >= 0.6 is 0 Å². The third-order valence-electron chi connectivity index (χ3n) is 3.39. The van der Waals surface area contributed by atoms with Gasteiger partial charge in [0.1, 0.15) is 0 Å². The second-order valence-electron chi connectivity index (χ2n) is 5.58. The molecule has 2 heteroatoms. The first-order valence-corrected chi connectivity index (χ1v) is 5.98. The van der Waals surface area contributed by atoms with Gasteiger partial charge in [-0.15, -0.1) is 0 Å². The highest BCUT2D eigenvalue weighted by Crippen LogP contribution is 2.28. The first-order valence-electron chi connectivity index (χ1n) is 5.98. The molecule has 1 saturated heterocycles. The molecule has 0 aromatic carbocycles. The van der Waals surface area contributed by atoms with Gasteiger partial charge in [0.05, 0.1) is 0 Å². The van der Waals surface area contributed by atoms with E-state index in [0.717, 1.165) is 12.5 Å². The number of rotatable bonds is 5. The molecule has 84 valence electrons. The van der Waals surface area contributed by atoms with E-state index in [0.29, 0.717) is 5.41 Å². The minimum absolute atomic E-state index is 0.401. The molecule has 0 aliphatic carbocycles. The molecule has 1 heterocycles. The summed E-state index contributed by atoms with van der Waals surface area (Å²) >= 11 is 0. The molecule has 0 saturated carbocycles. The lowest BCUT2D eigenvalue weighted by Gasteiger charge is -2.22. The standard InChI is InChI=1S/C12H26N2/c1-11(2)5-4-7-14-8-6-12(3,9-13)10-14/h11H,4-10,13H2,1-3H3. The SMILES string of the molecule is CC(C)CCCN1CCC(C)(CN)C1. The maximum Gasteiger partial charge on any atom is 0.00479 e. The normalized spacial score (nSPS) is 28.9. The van der Waals surface area contributed by atoms with Crippen LogP contribution in [0.3, 0.4) is 0 Å². The van der Waals surface area contributed by atoms with E-state index in [4.69, 9.17) is 5.73 Å². The van der Waals surface area contributed by atoms with Crippen molar-refractivity contribution in [1.82, 2.24) is 4.90 Å². The molecule has 1 aliphatic heterocycles. The van der Waals surface area contributed by atoms with Crippen LogP contribution in [0, 0.1) is 11.3 Å². The van der Waals surface area contributed by atoms with E-state index in [1.54, 1.807) is 0 Å². The van der Waals surface area contributed by atoms with Crippen LogP contribution in [0.4, 0.5) is 0 Å². The fraction of sp³-hybridized carbons (Fsp3) is 1.00. The van der Waals surface area contributed by atoms with Gasteiger partial charge in [0, 0.05) is 6.54 Å². The van der Waals surface area contributed by atoms with Crippen molar-refractivity contribution in [2.75, 3.05) is 26.2 Å². The molecule has 0 aromatic rings. The summed E-state index contributed by atoms with van der Waals surface area (Å²) in [5.74, 6) is 0.846. The fourth-order valence-corrected chi connectivity index (χ4v) is 2.21. The number of hydrogen-bond acceptors (Lipinski definition) is 2. The Kier molecular flexibility index (Phi) is 4.39. The molecule has 2 nitrogen and oxygen atoms in total. The van der Waals surface area contributed by atoms with Crippen molar-refractivity contribution < 1.29 is 0 Å². The van der Waals surface area contributed by atoms with Crippen LogP contribution in [0.2, 0.25) is 0 Å². The number of likely N-dealkylation sites (tertiary alicyclic amines) is 1. The highest BCUT2D eigenvalue weighted by molar-refractivity contribution is 4.86.